The number of rotatable bonds is 6. The van der Waals surface area contributed by atoms with Gasteiger partial charge >= 0.3 is 0 Å². The minimum absolute atomic E-state index is 0.107. The number of aliphatic hydroxyl groups is 1. The predicted molar refractivity (Wildman–Crippen MR) is 51.4 cm³/mol. The van der Waals surface area contributed by atoms with Crippen molar-refractivity contribution in [1.82, 2.24) is 5.32 Å². The number of hydrogen-bond acceptors (Lipinski definition) is 2. The molecular weight excluding hydrogens is 169 g/mol. The number of aliphatic hydroxyl groups excluding tert-OH is 1. The molecule has 13 heavy (non-hydrogen) atoms. The van der Waals surface area contributed by atoms with Crippen LogP contribution in [0.2, 0.25) is 0 Å². The molecule has 3 heteroatoms. The summed E-state index contributed by atoms with van der Waals surface area (Å²) in [5, 5.41) is 12.5. The van der Waals surface area contributed by atoms with Crippen molar-refractivity contribution in [3.05, 3.63) is 0 Å². The van der Waals surface area contributed by atoms with Gasteiger partial charge in [0.1, 0.15) is 0 Å². The Morgan fingerprint density at radius 2 is 2.00 bits per heavy atom. The lowest BCUT2D eigenvalue weighted by Gasteiger charge is -2.26. The first-order valence-corrected chi connectivity index (χ1v) is 5.20. The molecule has 0 aromatic heterocycles. The average Bonchev–Trinajstić information content (AvgIpc) is 2.62. The van der Waals surface area contributed by atoms with Crippen molar-refractivity contribution in [2.45, 2.75) is 32.1 Å². The SMILES string of the molecule is OCC1(CNCCCF)CCCC1. The zero-order valence-corrected chi connectivity index (χ0v) is 8.19. The first-order chi connectivity index (χ1) is 6.33. The quantitative estimate of drug-likeness (QED) is 0.620. The van der Waals surface area contributed by atoms with Crippen LogP contribution in [-0.2, 0) is 0 Å². The first-order valence-electron chi connectivity index (χ1n) is 5.20. The average molecular weight is 189 g/mol. The van der Waals surface area contributed by atoms with E-state index in [0.717, 1.165) is 25.9 Å². The lowest BCUT2D eigenvalue weighted by atomic mass is 9.87. The lowest BCUT2D eigenvalue weighted by molar-refractivity contribution is 0.128. The highest BCUT2D eigenvalue weighted by Crippen LogP contribution is 2.36. The van der Waals surface area contributed by atoms with E-state index in [9.17, 15) is 9.50 Å². The van der Waals surface area contributed by atoms with Gasteiger partial charge in [-0.05, 0) is 25.8 Å². The molecule has 0 bridgehead atoms. The van der Waals surface area contributed by atoms with Gasteiger partial charge in [-0.1, -0.05) is 12.8 Å². The van der Waals surface area contributed by atoms with Crippen LogP contribution in [0.25, 0.3) is 0 Å². The summed E-state index contributed by atoms with van der Waals surface area (Å²) < 4.78 is 11.8. The second-order valence-corrected chi connectivity index (χ2v) is 4.08. The molecule has 1 saturated carbocycles. The van der Waals surface area contributed by atoms with E-state index in [4.69, 9.17) is 0 Å². The lowest BCUT2D eigenvalue weighted by Crippen LogP contribution is -2.35. The smallest absolute Gasteiger partial charge is 0.0906 e. The molecule has 0 saturated heterocycles. The van der Waals surface area contributed by atoms with Crippen LogP contribution in [0.1, 0.15) is 32.1 Å². The van der Waals surface area contributed by atoms with Gasteiger partial charge in [-0.2, -0.15) is 0 Å². The summed E-state index contributed by atoms with van der Waals surface area (Å²) >= 11 is 0. The fraction of sp³-hybridized carbons (Fsp3) is 1.00. The highest BCUT2D eigenvalue weighted by Gasteiger charge is 2.32. The van der Waals surface area contributed by atoms with Crippen LogP contribution in [0.3, 0.4) is 0 Å². The van der Waals surface area contributed by atoms with Crippen molar-refractivity contribution in [2.24, 2.45) is 5.41 Å². The predicted octanol–water partition coefficient (Wildman–Crippen LogP) is 1.49. The zero-order chi connectivity index (χ0) is 9.57. The number of halogens is 1. The van der Waals surface area contributed by atoms with Gasteiger partial charge in [0.2, 0.25) is 0 Å². The summed E-state index contributed by atoms with van der Waals surface area (Å²) in [4.78, 5) is 0. The molecular formula is C10H20FNO. The normalized spacial score (nSPS) is 20.8. The monoisotopic (exact) mass is 189 g/mol. The molecule has 78 valence electrons. The van der Waals surface area contributed by atoms with Crippen molar-refractivity contribution in [3.8, 4) is 0 Å². The van der Waals surface area contributed by atoms with Crippen molar-refractivity contribution < 1.29 is 9.50 Å². The number of nitrogens with one attached hydrogen (secondary N) is 1. The molecule has 0 radical (unpaired) electrons. The van der Waals surface area contributed by atoms with E-state index in [1.165, 1.54) is 12.8 Å². The third-order valence-corrected chi connectivity index (χ3v) is 2.99. The van der Waals surface area contributed by atoms with Gasteiger partial charge in [0, 0.05) is 18.6 Å². The molecule has 2 nitrogen and oxygen atoms in total. The highest BCUT2D eigenvalue weighted by atomic mass is 19.1. The van der Waals surface area contributed by atoms with Gasteiger partial charge in [-0.25, -0.2) is 0 Å². The Hall–Kier alpha value is -0.150. The Balaban J connectivity index is 2.16. The molecule has 1 rings (SSSR count). The fourth-order valence-electron chi connectivity index (χ4n) is 2.06. The Bertz CT molecular complexity index is 135. The van der Waals surface area contributed by atoms with Crippen LogP contribution in [0.4, 0.5) is 4.39 Å². The summed E-state index contributed by atoms with van der Waals surface area (Å²) in [5.74, 6) is 0. The van der Waals surface area contributed by atoms with Gasteiger partial charge in [-0.3, -0.25) is 4.39 Å². The molecule has 0 heterocycles. The molecule has 2 N–H and O–H groups in total. The van der Waals surface area contributed by atoms with Crippen LogP contribution in [0, 0.1) is 5.41 Å². The molecule has 0 aromatic rings. The molecule has 0 atom stereocenters. The van der Waals surface area contributed by atoms with Gasteiger partial charge in [0.15, 0.2) is 0 Å². The molecule has 0 aromatic carbocycles. The second kappa shape index (κ2) is 5.55. The molecule has 0 spiro atoms. The fourth-order valence-corrected chi connectivity index (χ4v) is 2.06. The van der Waals surface area contributed by atoms with Crippen LogP contribution in [-0.4, -0.2) is 31.5 Å². The van der Waals surface area contributed by atoms with Crippen molar-refractivity contribution >= 4 is 0 Å². The van der Waals surface area contributed by atoms with Crippen LogP contribution >= 0.6 is 0 Å². The molecule has 0 unspecified atom stereocenters. The van der Waals surface area contributed by atoms with Crippen LogP contribution < -0.4 is 5.32 Å². The largest absolute Gasteiger partial charge is 0.396 e. The maximum Gasteiger partial charge on any atom is 0.0906 e. The van der Waals surface area contributed by atoms with Crippen molar-refractivity contribution in [3.63, 3.8) is 0 Å². The third kappa shape index (κ3) is 3.24. The summed E-state index contributed by atoms with van der Waals surface area (Å²) in [6, 6.07) is 0. The van der Waals surface area contributed by atoms with Crippen LogP contribution in [0.15, 0.2) is 0 Å². The standard InChI is InChI=1S/C10H20FNO/c11-6-3-7-12-8-10(9-13)4-1-2-5-10/h12-13H,1-9H2. The van der Waals surface area contributed by atoms with E-state index in [1.54, 1.807) is 0 Å². The minimum Gasteiger partial charge on any atom is -0.396 e. The Labute approximate surface area is 79.5 Å². The zero-order valence-electron chi connectivity index (χ0n) is 8.19. The van der Waals surface area contributed by atoms with Crippen molar-refractivity contribution in [2.75, 3.05) is 26.4 Å². The summed E-state index contributed by atoms with van der Waals surface area (Å²) in [6.07, 6.45) is 5.27. The van der Waals surface area contributed by atoms with E-state index in [0.29, 0.717) is 6.42 Å². The van der Waals surface area contributed by atoms with Gasteiger partial charge in [-0.15, -0.1) is 0 Å². The molecule has 0 aliphatic heterocycles. The number of alkyl halides is 1. The first kappa shape index (κ1) is 10.9. The number of hydrogen-bond donors (Lipinski definition) is 2. The minimum atomic E-state index is -0.251. The summed E-state index contributed by atoms with van der Waals surface area (Å²) in [6.45, 7) is 1.61. The summed E-state index contributed by atoms with van der Waals surface area (Å²) in [5.41, 5.74) is 0.107. The molecule has 1 aliphatic carbocycles. The highest BCUT2D eigenvalue weighted by molar-refractivity contribution is 4.85. The van der Waals surface area contributed by atoms with E-state index in [1.807, 2.05) is 0 Å². The summed E-state index contributed by atoms with van der Waals surface area (Å²) in [7, 11) is 0. The van der Waals surface area contributed by atoms with E-state index >= 15 is 0 Å². The maximum absolute atomic E-state index is 11.8. The van der Waals surface area contributed by atoms with E-state index < -0.39 is 0 Å². The molecule has 1 fully saturated rings. The molecule has 1 aliphatic rings. The maximum atomic E-state index is 11.8. The third-order valence-electron chi connectivity index (χ3n) is 2.99. The van der Waals surface area contributed by atoms with Gasteiger partial charge in [0.05, 0.1) is 6.67 Å². The Morgan fingerprint density at radius 3 is 2.54 bits per heavy atom. The van der Waals surface area contributed by atoms with E-state index in [-0.39, 0.29) is 18.7 Å². The van der Waals surface area contributed by atoms with Gasteiger partial charge < -0.3 is 10.4 Å². The Kier molecular flexibility index (Phi) is 4.67. The molecule has 0 amide bonds. The topological polar surface area (TPSA) is 32.3 Å². The van der Waals surface area contributed by atoms with Crippen molar-refractivity contribution in [1.29, 1.82) is 0 Å². The van der Waals surface area contributed by atoms with Crippen LogP contribution in [0.5, 0.6) is 0 Å². The van der Waals surface area contributed by atoms with E-state index in [2.05, 4.69) is 5.32 Å². The Morgan fingerprint density at radius 1 is 1.31 bits per heavy atom. The second-order valence-electron chi connectivity index (χ2n) is 4.08. The van der Waals surface area contributed by atoms with Gasteiger partial charge in [0.25, 0.3) is 0 Å².